The third-order valence-corrected chi connectivity index (χ3v) is 5.78. The van der Waals surface area contributed by atoms with E-state index in [1.807, 2.05) is 24.3 Å². The van der Waals surface area contributed by atoms with Gasteiger partial charge in [-0.2, -0.15) is 0 Å². The summed E-state index contributed by atoms with van der Waals surface area (Å²) in [7, 11) is 0. The van der Waals surface area contributed by atoms with Crippen LogP contribution >= 0.6 is 0 Å². The predicted molar refractivity (Wildman–Crippen MR) is 163 cm³/mol. The SMILES string of the molecule is C=C(C)C(=O)OCC(O)COC(=O)C(=C)C.C=C(C)C(=O)Oc1ccc(C(C)(C)c2ccc(OC(=O)C(=C)C)cc2)cc1. The van der Waals surface area contributed by atoms with Crippen LogP contribution < -0.4 is 9.47 Å². The van der Waals surface area contributed by atoms with Crippen LogP contribution in [0.3, 0.4) is 0 Å². The van der Waals surface area contributed by atoms with E-state index in [1.54, 1.807) is 38.1 Å². The zero-order chi connectivity index (χ0) is 32.9. The lowest BCUT2D eigenvalue weighted by molar-refractivity contribution is -0.147. The van der Waals surface area contributed by atoms with Crippen molar-refractivity contribution in [1.29, 1.82) is 0 Å². The smallest absolute Gasteiger partial charge is 0.338 e. The van der Waals surface area contributed by atoms with Gasteiger partial charge in [0.25, 0.3) is 0 Å². The topological polar surface area (TPSA) is 125 Å². The molecule has 2 rings (SSSR count). The van der Waals surface area contributed by atoms with E-state index in [0.717, 1.165) is 11.1 Å². The minimum Gasteiger partial charge on any atom is -0.459 e. The van der Waals surface area contributed by atoms with Crippen molar-refractivity contribution in [2.24, 2.45) is 0 Å². The van der Waals surface area contributed by atoms with E-state index in [-0.39, 0.29) is 29.8 Å². The third kappa shape index (κ3) is 12.3. The van der Waals surface area contributed by atoms with Gasteiger partial charge in [0.2, 0.25) is 0 Å². The van der Waals surface area contributed by atoms with Crippen LogP contribution in [-0.4, -0.2) is 48.3 Å². The molecular weight excluding hydrogens is 552 g/mol. The molecule has 0 amide bonds. The molecule has 0 aliphatic rings. The number of hydrogen-bond acceptors (Lipinski definition) is 9. The fraction of sp³-hybridized carbons (Fsp3) is 0.294. The summed E-state index contributed by atoms with van der Waals surface area (Å²) < 4.78 is 19.8. The van der Waals surface area contributed by atoms with E-state index in [4.69, 9.17) is 9.47 Å². The summed E-state index contributed by atoms with van der Waals surface area (Å²) in [6.45, 7) is 23.8. The quantitative estimate of drug-likeness (QED) is 0.191. The molecule has 0 aliphatic heterocycles. The van der Waals surface area contributed by atoms with Crippen molar-refractivity contribution in [2.45, 2.75) is 53.1 Å². The minimum atomic E-state index is -1.05. The van der Waals surface area contributed by atoms with E-state index in [2.05, 4.69) is 49.6 Å². The molecular formula is C34H40O9. The second-order valence-corrected chi connectivity index (χ2v) is 10.4. The largest absolute Gasteiger partial charge is 0.459 e. The maximum Gasteiger partial charge on any atom is 0.338 e. The maximum atomic E-state index is 11.6. The number of aliphatic hydroxyl groups is 1. The molecule has 0 fully saturated rings. The Kier molecular flexibility index (Phi) is 14.0. The van der Waals surface area contributed by atoms with E-state index >= 15 is 0 Å². The van der Waals surface area contributed by atoms with Crippen LogP contribution in [0.5, 0.6) is 11.5 Å². The van der Waals surface area contributed by atoms with Gasteiger partial charge in [0.1, 0.15) is 30.8 Å². The Hall–Kier alpha value is -4.76. The highest BCUT2D eigenvalue weighted by atomic mass is 16.6. The highest BCUT2D eigenvalue weighted by Crippen LogP contribution is 2.33. The second-order valence-electron chi connectivity index (χ2n) is 10.4. The number of carbonyl (C=O) groups is 4. The Labute approximate surface area is 253 Å². The first-order valence-corrected chi connectivity index (χ1v) is 13.3. The Morgan fingerprint density at radius 2 is 0.884 bits per heavy atom. The molecule has 0 spiro atoms. The molecule has 0 atom stereocenters. The third-order valence-electron chi connectivity index (χ3n) is 5.78. The highest BCUT2D eigenvalue weighted by Gasteiger charge is 2.23. The molecule has 2 aromatic rings. The van der Waals surface area contributed by atoms with Crippen molar-refractivity contribution < 1.29 is 43.2 Å². The summed E-state index contributed by atoms with van der Waals surface area (Å²) >= 11 is 0. The summed E-state index contributed by atoms with van der Waals surface area (Å²) in [4.78, 5) is 45.1. The monoisotopic (exact) mass is 592 g/mol. The number of benzene rings is 2. The predicted octanol–water partition coefficient (Wildman–Crippen LogP) is 5.56. The average Bonchev–Trinajstić information content (AvgIpc) is 2.95. The Bertz CT molecular complexity index is 1260. The Balaban J connectivity index is 0.000000496. The molecule has 230 valence electrons. The van der Waals surface area contributed by atoms with Crippen LogP contribution in [0.25, 0.3) is 0 Å². The number of rotatable bonds is 12. The van der Waals surface area contributed by atoms with Gasteiger partial charge in [-0.3, -0.25) is 0 Å². The van der Waals surface area contributed by atoms with Gasteiger partial charge in [-0.15, -0.1) is 0 Å². The zero-order valence-corrected chi connectivity index (χ0v) is 25.7. The molecule has 0 bridgehead atoms. The second kappa shape index (κ2) is 16.6. The van der Waals surface area contributed by atoms with Gasteiger partial charge >= 0.3 is 23.9 Å². The van der Waals surface area contributed by atoms with Gasteiger partial charge in [0.15, 0.2) is 0 Å². The van der Waals surface area contributed by atoms with Crippen LogP contribution in [0.1, 0.15) is 52.7 Å². The molecule has 1 N–H and O–H groups in total. The first-order valence-electron chi connectivity index (χ1n) is 13.3. The van der Waals surface area contributed by atoms with Crippen molar-refractivity contribution in [1.82, 2.24) is 0 Å². The molecule has 2 aromatic carbocycles. The lowest BCUT2D eigenvalue weighted by Gasteiger charge is -2.26. The molecule has 0 saturated carbocycles. The number of esters is 4. The normalized spacial score (nSPS) is 10.4. The number of carbonyl (C=O) groups excluding carboxylic acids is 4. The van der Waals surface area contributed by atoms with Crippen molar-refractivity contribution in [3.05, 3.63) is 108 Å². The average molecular weight is 593 g/mol. The fourth-order valence-electron chi connectivity index (χ4n) is 3.07. The van der Waals surface area contributed by atoms with Gasteiger partial charge in [-0.1, -0.05) is 64.4 Å². The van der Waals surface area contributed by atoms with Crippen molar-refractivity contribution in [3.8, 4) is 11.5 Å². The van der Waals surface area contributed by atoms with Gasteiger partial charge < -0.3 is 24.1 Å². The van der Waals surface area contributed by atoms with Gasteiger partial charge in [0.05, 0.1) is 0 Å². The summed E-state index contributed by atoms with van der Waals surface area (Å²) in [5, 5.41) is 9.30. The van der Waals surface area contributed by atoms with Crippen LogP contribution in [0.15, 0.2) is 97.1 Å². The number of hydrogen-bond donors (Lipinski definition) is 1. The molecule has 9 heteroatoms. The molecule has 0 heterocycles. The van der Waals surface area contributed by atoms with E-state index in [9.17, 15) is 24.3 Å². The lowest BCUT2D eigenvalue weighted by atomic mass is 9.78. The Morgan fingerprint density at radius 3 is 1.14 bits per heavy atom. The molecule has 0 unspecified atom stereocenters. The van der Waals surface area contributed by atoms with Crippen molar-refractivity contribution >= 4 is 23.9 Å². The van der Waals surface area contributed by atoms with Gasteiger partial charge in [-0.25, -0.2) is 19.2 Å². The van der Waals surface area contributed by atoms with Crippen molar-refractivity contribution in [3.63, 3.8) is 0 Å². The minimum absolute atomic E-state index is 0.241. The zero-order valence-electron chi connectivity index (χ0n) is 25.7. The Morgan fingerprint density at radius 1 is 0.605 bits per heavy atom. The summed E-state index contributed by atoms with van der Waals surface area (Å²) in [6.07, 6.45) is -1.05. The van der Waals surface area contributed by atoms with Crippen molar-refractivity contribution in [2.75, 3.05) is 13.2 Å². The molecule has 0 aromatic heterocycles. The summed E-state index contributed by atoms with van der Waals surface area (Å²) in [5.74, 6) is -1.12. The number of ether oxygens (including phenoxy) is 4. The lowest BCUT2D eigenvalue weighted by Crippen LogP contribution is -2.25. The van der Waals surface area contributed by atoms with E-state index in [1.165, 1.54) is 13.8 Å². The summed E-state index contributed by atoms with van der Waals surface area (Å²) in [5.41, 5.74) is 3.03. The molecule has 9 nitrogen and oxygen atoms in total. The molecule has 43 heavy (non-hydrogen) atoms. The standard InChI is InChI=1S/C23H24O4.C11H16O5/c1-15(2)21(24)26-19-11-7-17(8-12-19)23(5,6)18-9-13-20(14-10-18)27-22(25)16(3)4;1-7(2)10(13)15-5-9(12)6-16-11(14)8(3)4/h7-14H,1,3H2,2,4-6H3;9,12H,1,3,5-6H2,2,4H3. The van der Waals surface area contributed by atoms with Crippen LogP contribution in [0.4, 0.5) is 0 Å². The van der Waals surface area contributed by atoms with Crippen LogP contribution in [-0.2, 0) is 34.1 Å². The van der Waals surface area contributed by atoms with E-state index in [0.29, 0.717) is 22.6 Å². The molecule has 0 saturated heterocycles. The number of aliphatic hydroxyl groups excluding tert-OH is 1. The fourth-order valence-corrected chi connectivity index (χ4v) is 3.07. The van der Waals surface area contributed by atoms with Crippen LogP contribution in [0, 0.1) is 0 Å². The first-order chi connectivity index (χ1) is 19.9. The maximum absolute atomic E-state index is 11.6. The molecule has 0 radical (unpaired) electrons. The highest BCUT2D eigenvalue weighted by molar-refractivity contribution is 5.89. The van der Waals surface area contributed by atoms with Crippen LogP contribution in [0.2, 0.25) is 0 Å². The first kappa shape index (κ1) is 36.3. The summed E-state index contributed by atoms with van der Waals surface area (Å²) in [6, 6.07) is 14.8. The van der Waals surface area contributed by atoms with Gasteiger partial charge in [-0.05, 0) is 63.1 Å². The molecule has 0 aliphatic carbocycles. The van der Waals surface area contributed by atoms with E-state index < -0.39 is 30.0 Å². The van der Waals surface area contributed by atoms with Gasteiger partial charge in [0, 0.05) is 27.7 Å².